The number of tetrazole rings is 1. The van der Waals surface area contributed by atoms with Gasteiger partial charge in [-0.1, -0.05) is 29.3 Å². The molecular weight excluding hydrogens is 407 g/mol. The Morgan fingerprint density at radius 3 is 2.59 bits per heavy atom. The lowest BCUT2D eigenvalue weighted by molar-refractivity contribution is 0.579. The minimum absolute atomic E-state index is 0.621. The predicted molar refractivity (Wildman–Crippen MR) is 117 cm³/mol. The summed E-state index contributed by atoms with van der Waals surface area (Å²) in [5.41, 5.74) is 5.06. The third-order valence-corrected chi connectivity index (χ3v) is 6.17. The topological polar surface area (TPSA) is 62.6 Å². The van der Waals surface area contributed by atoms with Crippen LogP contribution in [0.3, 0.4) is 0 Å². The van der Waals surface area contributed by atoms with E-state index in [1.165, 1.54) is 19.3 Å². The molecule has 1 aliphatic rings. The van der Waals surface area contributed by atoms with Crippen LogP contribution < -0.4 is 4.90 Å². The molecule has 4 aromatic rings. The van der Waals surface area contributed by atoms with Gasteiger partial charge < -0.3 is 9.47 Å². The fourth-order valence-corrected chi connectivity index (χ4v) is 4.54. The lowest BCUT2D eigenvalue weighted by atomic mass is 10.1. The maximum atomic E-state index is 6.55. The quantitative estimate of drug-likeness (QED) is 0.475. The first-order chi connectivity index (χ1) is 14.1. The molecule has 0 bridgehead atoms. The van der Waals surface area contributed by atoms with Crippen LogP contribution in [0.4, 0.5) is 5.69 Å². The lowest BCUT2D eigenvalue weighted by Gasteiger charge is -2.29. The van der Waals surface area contributed by atoms with Crippen LogP contribution in [0.25, 0.3) is 28.1 Å². The Kier molecular flexibility index (Phi) is 4.68. The molecule has 29 heavy (non-hydrogen) atoms. The first-order valence-corrected chi connectivity index (χ1v) is 10.5. The second-order valence-corrected chi connectivity index (χ2v) is 8.27. The van der Waals surface area contributed by atoms with Crippen LogP contribution in [0.5, 0.6) is 0 Å². The van der Waals surface area contributed by atoms with Gasteiger partial charge >= 0.3 is 0 Å². The lowest BCUT2D eigenvalue weighted by Crippen LogP contribution is -2.29. The third-order valence-electron chi connectivity index (χ3n) is 5.53. The Balaban J connectivity index is 1.91. The van der Waals surface area contributed by atoms with Crippen molar-refractivity contribution in [2.75, 3.05) is 18.0 Å². The Hall–Kier alpha value is -2.57. The number of anilines is 1. The van der Waals surface area contributed by atoms with Crippen molar-refractivity contribution in [3.63, 3.8) is 0 Å². The van der Waals surface area contributed by atoms with Crippen molar-refractivity contribution >= 4 is 39.8 Å². The van der Waals surface area contributed by atoms with Crippen LogP contribution in [0.15, 0.2) is 36.4 Å². The number of piperidine rings is 1. The molecule has 8 heteroatoms. The van der Waals surface area contributed by atoms with Gasteiger partial charge in [0.2, 0.25) is 0 Å². The van der Waals surface area contributed by atoms with Gasteiger partial charge in [0.05, 0.1) is 11.2 Å². The number of aromatic nitrogens is 5. The predicted octanol–water partition coefficient (Wildman–Crippen LogP) is 5.42. The molecule has 0 saturated carbocycles. The highest BCUT2D eigenvalue weighted by molar-refractivity contribution is 6.32. The number of aromatic amines is 1. The van der Waals surface area contributed by atoms with Gasteiger partial charge in [-0.25, -0.2) is 5.10 Å². The van der Waals surface area contributed by atoms with Gasteiger partial charge in [0.1, 0.15) is 5.69 Å². The van der Waals surface area contributed by atoms with E-state index in [0.29, 0.717) is 10.8 Å². The monoisotopic (exact) mass is 426 g/mol. The summed E-state index contributed by atoms with van der Waals surface area (Å²) in [5, 5.41) is 17.4. The smallest absolute Gasteiger partial charge is 0.198 e. The molecule has 0 aliphatic carbocycles. The standard InChI is InChI=1S/C21H20Cl2N6/c1-13-10-16-18(12-17(13)23)29(15-7-5-6-14(22)11-15)20(21-24-26-27-25-21)19(16)28-8-3-2-4-9-28/h5-7,10-12H,2-4,8-9H2,1H3,(H,24,25,26,27). The van der Waals surface area contributed by atoms with Crippen LogP contribution >= 0.6 is 23.2 Å². The molecule has 5 rings (SSSR count). The van der Waals surface area contributed by atoms with E-state index < -0.39 is 0 Å². The highest BCUT2D eigenvalue weighted by atomic mass is 35.5. The number of benzene rings is 2. The molecule has 1 N–H and O–H groups in total. The van der Waals surface area contributed by atoms with Crippen LogP contribution in [0, 0.1) is 6.92 Å². The number of hydrogen-bond donors (Lipinski definition) is 1. The van der Waals surface area contributed by atoms with Crippen molar-refractivity contribution in [2.45, 2.75) is 26.2 Å². The number of fused-ring (bicyclic) bond motifs is 1. The van der Waals surface area contributed by atoms with E-state index in [4.69, 9.17) is 23.2 Å². The molecule has 0 unspecified atom stereocenters. The zero-order valence-electron chi connectivity index (χ0n) is 16.0. The van der Waals surface area contributed by atoms with Gasteiger partial charge in [-0.3, -0.25) is 0 Å². The molecular formula is C21H20Cl2N6. The number of rotatable bonds is 3. The van der Waals surface area contributed by atoms with Gasteiger partial charge in [-0.05, 0) is 72.5 Å². The van der Waals surface area contributed by atoms with E-state index in [9.17, 15) is 0 Å². The minimum Gasteiger partial charge on any atom is -0.369 e. The molecule has 0 atom stereocenters. The van der Waals surface area contributed by atoms with Crippen molar-refractivity contribution in [1.82, 2.24) is 25.2 Å². The molecule has 1 saturated heterocycles. The fraction of sp³-hybridized carbons (Fsp3) is 0.286. The molecule has 1 aliphatic heterocycles. The summed E-state index contributed by atoms with van der Waals surface area (Å²) >= 11 is 12.9. The van der Waals surface area contributed by atoms with Crippen molar-refractivity contribution in [3.8, 4) is 17.2 Å². The van der Waals surface area contributed by atoms with Gasteiger partial charge in [0, 0.05) is 34.2 Å². The molecule has 6 nitrogen and oxygen atoms in total. The molecule has 148 valence electrons. The summed E-state index contributed by atoms with van der Waals surface area (Å²) in [4.78, 5) is 2.44. The summed E-state index contributed by atoms with van der Waals surface area (Å²) in [6.45, 7) is 4.05. The highest BCUT2D eigenvalue weighted by Gasteiger charge is 2.27. The molecule has 1 fully saturated rings. The van der Waals surface area contributed by atoms with Crippen LogP contribution in [-0.4, -0.2) is 38.3 Å². The summed E-state index contributed by atoms with van der Waals surface area (Å²) in [6, 6.07) is 12.0. The zero-order valence-corrected chi connectivity index (χ0v) is 17.5. The Labute approximate surface area is 178 Å². The number of halogens is 2. The second kappa shape index (κ2) is 7.35. The minimum atomic E-state index is 0.621. The van der Waals surface area contributed by atoms with E-state index in [0.717, 1.165) is 51.6 Å². The van der Waals surface area contributed by atoms with Crippen LogP contribution in [-0.2, 0) is 0 Å². The van der Waals surface area contributed by atoms with Gasteiger partial charge in [-0.2, -0.15) is 0 Å². The van der Waals surface area contributed by atoms with E-state index in [1.54, 1.807) is 0 Å². The van der Waals surface area contributed by atoms with Crippen molar-refractivity contribution in [3.05, 3.63) is 52.0 Å². The van der Waals surface area contributed by atoms with Gasteiger partial charge in [-0.15, -0.1) is 5.10 Å². The Morgan fingerprint density at radius 2 is 1.86 bits per heavy atom. The highest BCUT2D eigenvalue weighted by Crippen LogP contribution is 2.43. The average molecular weight is 427 g/mol. The van der Waals surface area contributed by atoms with Gasteiger partial charge in [0.25, 0.3) is 0 Å². The number of nitrogens with zero attached hydrogens (tertiary/aromatic N) is 5. The second-order valence-electron chi connectivity index (χ2n) is 7.43. The van der Waals surface area contributed by atoms with E-state index >= 15 is 0 Å². The molecule has 0 spiro atoms. The fourth-order valence-electron chi connectivity index (χ4n) is 4.20. The number of aryl methyl sites for hydroxylation is 1. The maximum Gasteiger partial charge on any atom is 0.198 e. The van der Waals surface area contributed by atoms with Crippen LogP contribution in [0.1, 0.15) is 24.8 Å². The summed E-state index contributed by atoms with van der Waals surface area (Å²) in [5.74, 6) is 0.621. The van der Waals surface area contributed by atoms with E-state index in [2.05, 4.69) is 36.2 Å². The number of hydrogen-bond acceptors (Lipinski definition) is 4. The van der Waals surface area contributed by atoms with Crippen molar-refractivity contribution in [1.29, 1.82) is 0 Å². The number of H-pyrrole nitrogens is 1. The normalized spacial score (nSPS) is 14.7. The Morgan fingerprint density at radius 1 is 1.03 bits per heavy atom. The number of nitrogens with one attached hydrogen (secondary N) is 1. The molecule has 3 heterocycles. The van der Waals surface area contributed by atoms with E-state index in [1.807, 2.05) is 37.3 Å². The Bertz CT molecular complexity index is 1180. The molecule has 0 radical (unpaired) electrons. The largest absolute Gasteiger partial charge is 0.369 e. The van der Waals surface area contributed by atoms with Crippen molar-refractivity contribution in [2.24, 2.45) is 0 Å². The average Bonchev–Trinajstić information content (AvgIpc) is 3.35. The van der Waals surface area contributed by atoms with E-state index in [-0.39, 0.29) is 0 Å². The molecule has 0 amide bonds. The van der Waals surface area contributed by atoms with Gasteiger partial charge in [0.15, 0.2) is 5.82 Å². The van der Waals surface area contributed by atoms with Crippen molar-refractivity contribution < 1.29 is 0 Å². The summed E-state index contributed by atoms with van der Waals surface area (Å²) < 4.78 is 2.15. The zero-order chi connectivity index (χ0) is 20.0. The summed E-state index contributed by atoms with van der Waals surface area (Å²) in [6.07, 6.45) is 3.60. The van der Waals surface area contributed by atoms with Crippen LogP contribution in [0.2, 0.25) is 10.0 Å². The SMILES string of the molecule is Cc1cc2c(N3CCCCC3)c(-c3nnn[nH]3)n(-c3cccc(Cl)c3)c2cc1Cl. The molecule has 2 aromatic carbocycles. The first kappa shape index (κ1) is 18.5. The first-order valence-electron chi connectivity index (χ1n) is 9.73. The summed E-state index contributed by atoms with van der Waals surface area (Å²) in [7, 11) is 0. The maximum absolute atomic E-state index is 6.55. The third kappa shape index (κ3) is 3.16. The molecule has 2 aromatic heterocycles.